The molecule has 5 N–H and O–H groups in total. The Morgan fingerprint density at radius 2 is 1.62 bits per heavy atom. The molecule has 5 heterocycles. The van der Waals surface area contributed by atoms with Crippen LogP contribution in [0.2, 0.25) is 0 Å². The van der Waals surface area contributed by atoms with Crippen LogP contribution in [-0.2, 0) is 47.6 Å². The predicted octanol–water partition coefficient (Wildman–Crippen LogP) is 4.38. The number of ketones is 3. The van der Waals surface area contributed by atoms with Crippen molar-refractivity contribution in [3.05, 3.63) is 112 Å². The molecule has 1 aromatic heterocycles. The number of aliphatic hydroxyl groups is 2. The van der Waals surface area contributed by atoms with Crippen molar-refractivity contribution in [2.75, 3.05) is 26.1 Å². The Morgan fingerprint density at radius 1 is 0.937 bits per heavy atom. The summed E-state index contributed by atoms with van der Waals surface area (Å²) < 4.78 is 41.1. The van der Waals surface area contributed by atoms with E-state index in [2.05, 4.69) is 20.3 Å². The van der Waals surface area contributed by atoms with E-state index in [9.17, 15) is 58.5 Å². The number of benzene rings is 1. The van der Waals surface area contributed by atoms with Gasteiger partial charge in [-0.2, -0.15) is 0 Å². The number of thioether (sulfide) groups is 1. The first-order valence-electron chi connectivity index (χ1n) is 25.3. The van der Waals surface area contributed by atoms with Gasteiger partial charge in [0.15, 0.2) is 0 Å². The molecule has 12 atom stereocenters. The first-order chi connectivity index (χ1) is 37.3. The number of aliphatic hydroxyl groups excluding tert-OH is 2. The molecule has 1 aliphatic carbocycles. The molecular weight excluding hydrogens is 1060 g/mol. The van der Waals surface area contributed by atoms with Crippen LogP contribution in [-0.4, -0.2) is 134 Å². The standard InChI is InChI=1S/C53H64N6O19S/c1-23-12-11-13-24(2)50(69)55-40-44(66)38-37(39-47(29(7)43(38)65)78-53(9,49(39)68)75-17-16-32(72-10)26(4)46(76-30(8)60)28(6)42(64)27(5)41(23)63)45(67)48(40)79-19-18-73-35(61)14-15-36(62)74-22-33-31(57-58-54)20-34(77-33)59-21-25(3)51(70)56-52(59)71/h11-13,16-17,21,23,26-28,31-34,41-42,46,63-65H,14-15,18-20,22H2,1-10H3,(H,55,69)(H,56,70,71)/b12-11+,17-16+,24-13-/t23-,26+,27+,28+,31-,32-,33+,34+,41-,42+,46+,53-/m0/s1. The number of ether oxygens (including phenoxy) is 7. The van der Waals surface area contributed by atoms with Gasteiger partial charge < -0.3 is 53.8 Å². The van der Waals surface area contributed by atoms with Crippen molar-refractivity contribution in [1.29, 1.82) is 0 Å². The van der Waals surface area contributed by atoms with Gasteiger partial charge in [-0.3, -0.25) is 47.9 Å². The zero-order valence-corrected chi connectivity index (χ0v) is 45.9. The lowest BCUT2D eigenvalue weighted by Gasteiger charge is -2.38. The Hall–Kier alpha value is -7.35. The number of esters is 3. The van der Waals surface area contributed by atoms with Gasteiger partial charge in [0.25, 0.3) is 17.2 Å². The van der Waals surface area contributed by atoms with Crippen LogP contribution in [0.15, 0.2) is 67.6 Å². The number of aromatic amines is 1. The second-order valence-electron chi connectivity index (χ2n) is 19.9. The largest absolute Gasteiger partial charge is 0.507 e. The van der Waals surface area contributed by atoms with Crippen LogP contribution in [0.5, 0.6) is 11.5 Å². The molecule has 1 aromatic carbocycles. The fraction of sp³-hybridized carbons (Fsp3) is 0.528. The van der Waals surface area contributed by atoms with Crippen molar-refractivity contribution in [3.8, 4) is 11.5 Å². The van der Waals surface area contributed by atoms with E-state index in [1.807, 2.05) is 0 Å². The molecular formula is C53H64N6O19S. The molecule has 79 heavy (non-hydrogen) atoms. The number of phenolic OH excluding ortho intramolecular Hbond substituents is 1. The third kappa shape index (κ3) is 13.2. The lowest BCUT2D eigenvalue weighted by molar-refractivity contribution is -0.160. The molecule has 5 bridgehead atoms. The van der Waals surface area contributed by atoms with E-state index in [0.29, 0.717) is 11.8 Å². The molecule has 4 aliphatic heterocycles. The normalized spacial score (nSPS) is 29.8. The topological polar surface area (TPSA) is 360 Å². The number of rotatable bonds is 13. The summed E-state index contributed by atoms with van der Waals surface area (Å²) >= 11 is 0.682. The molecule has 426 valence electrons. The fourth-order valence-corrected chi connectivity index (χ4v) is 10.5. The molecule has 0 saturated carbocycles. The summed E-state index contributed by atoms with van der Waals surface area (Å²) in [5.74, 6) is -12.4. The third-order valence-corrected chi connectivity index (χ3v) is 15.4. The Bertz CT molecular complexity index is 3080. The number of fused-ring (bicyclic) bond motifs is 14. The smallest absolute Gasteiger partial charge is 0.330 e. The van der Waals surface area contributed by atoms with Gasteiger partial charge >= 0.3 is 29.4 Å². The highest BCUT2D eigenvalue weighted by Gasteiger charge is 2.53. The van der Waals surface area contributed by atoms with E-state index < -0.39 is 184 Å². The summed E-state index contributed by atoms with van der Waals surface area (Å²) in [5.41, 5.74) is 5.78. The Morgan fingerprint density at radius 3 is 2.28 bits per heavy atom. The lowest BCUT2D eigenvalue weighted by atomic mass is 9.78. The number of H-pyrrole nitrogens is 1. The van der Waals surface area contributed by atoms with Gasteiger partial charge in [-0.05, 0) is 32.4 Å². The minimum absolute atomic E-state index is 0.0162. The predicted molar refractivity (Wildman–Crippen MR) is 279 cm³/mol. The van der Waals surface area contributed by atoms with Crippen molar-refractivity contribution in [2.45, 2.75) is 130 Å². The lowest BCUT2D eigenvalue weighted by Crippen LogP contribution is -2.46. The Kier molecular flexibility index (Phi) is 19.7. The zero-order chi connectivity index (χ0) is 58.4. The molecule has 7 rings (SSSR count). The summed E-state index contributed by atoms with van der Waals surface area (Å²) in [4.78, 5) is 125. The number of carbonyl (C=O) groups is 7. The van der Waals surface area contributed by atoms with Gasteiger partial charge in [0.1, 0.15) is 48.8 Å². The molecule has 1 fully saturated rings. The van der Waals surface area contributed by atoms with Crippen LogP contribution in [0.25, 0.3) is 10.4 Å². The van der Waals surface area contributed by atoms with Gasteiger partial charge in [-0.15, -0.1) is 11.8 Å². The van der Waals surface area contributed by atoms with Gasteiger partial charge in [0.05, 0.1) is 65.1 Å². The summed E-state index contributed by atoms with van der Waals surface area (Å²) in [6.45, 7) is 12.6. The van der Waals surface area contributed by atoms with Gasteiger partial charge in [0.2, 0.25) is 11.6 Å². The minimum Gasteiger partial charge on any atom is -0.507 e. The van der Waals surface area contributed by atoms with E-state index in [4.69, 9.17) is 38.7 Å². The molecule has 2 aromatic rings. The highest BCUT2D eigenvalue weighted by atomic mass is 32.2. The average molecular weight is 1120 g/mol. The molecule has 1 saturated heterocycles. The number of hydrogen-bond acceptors (Lipinski definition) is 21. The third-order valence-electron chi connectivity index (χ3n) is 14.3. The number of Topliss-reactive ketones (excluding diaryl/α,β-unsaturated/α-hetero) is 3. The van der Waals surface area contributed by atoms with Crippen molar-refractivity contribution < 1.29 is 82.0 Å². The van der Waals surface area contributed by atoms with Crippen LogP contribution in [0.4, 0.5) is 0 Å². The maximum absolute atomic E-state index is 14.8. The van der Waals surface area contributed by atoms with Crippen molar-refractivity contribution in [3.63, 3.8) is 0 Å². The number of aromatic nitrogens is 2. The Balaban J connectivity index is 1.23. The number of aromatic hydroxyl groups is 1. The van der Waals surface area contributed by atoms with Crippen LogP contribution < -0.4 is 21.3 Å². The number of phenols is 1. The minimum atomic E-state index is -2.21. The van der Waals surface area contributed by atoms with Crippen LogP contribution in [0.1, 0.15) is 116 Å². The van der Waals surface area contributed by atoms with Crippen molar-refractivity contribution in [2.24, 2.45) is 28.8 Å². The number of azide groups is 1. The first-order valence-corrected chi connectivity index (χ1v) is 26.2. The second-order valence-corrected chi connectivity index (χ2v) is 21.0. The number of nitrogens with zero attached hydrogens (tertiary/aromatic N) is 4. The summed E-state index contributed by atoms with van der Waals surface area (Å²) in [6, 6.07) is -0.861. The van der Waals surface area contributed by atoms with E-state index in [0.717, 1.165) is 10.8 Å². The summed E-state index contributed by atoms with van der Waals surface area (Å²) in [7, 11) is 1.38. The number of amides is 1. The average Bonchev–Trinajstić information content (AvgIpc) is 3.90. The monoisotopic (exact) mass is 1120 g/mol. The highest BCUT2D eigenvalue weighted by molar-refractivity contribution is 8.04. The summed E-state index contributed by atoms with van der Waals surface area (Å²) in [6.07, 6.45) is 1.19. The molecule has 25 nitrogen and oxygen atoms in total. The molecule has 0 unspecified atom stereocenters. The molecule has 0 spiro atoms. The maximum Gasteiger partial charge on any atom is 0.330 e. The highest BCUT2D eigenvalue weighted by Crippen LogP contribution is 2.49. The van der Waals surface area contributed by atoms with Gasteiger partial charge in [0, 0.05) is 84.6 Å². The van der Waals surface area contributed by atoms with Crippen molar-refractivity contribution in [1.82, 2.24) is 14.9 Å². The van der Waals surface area contributed by atoms with Crippen LogP contribution in [0, 0.1) is 37.5 Å². The molecule has 0 radical (unpaired) electrons. The molecule has 5 aliphatic rings. The second kappa shape index (κ2) is 25.6. The fourth-order valence-electron chi connectivity index (χ4n) is 9.65. The van der Waals surface area contributed by atoms with Gasteiger partial charge in [-0.25, -0.2) is 4.79 Å². The van der Waals surface area contributed by atoms with E-state index in [1.54, 1.807) is 33.8 Å². The number of nitrogens with one attached hydrogen (secondary N) is 2. The number of hydrogen-bond donors (Lipinski definition) is 5. The number of methoxy groups -OCH3 is 1. The number of allylic oxidation sites excluding steroid dienone is 4. The van der Waals surface area contributed by atoms with Crippen LogP contribution >= 0.6 is 11.8 Å². The SMILES string of the molecule is CO[C@H]1/C=C/O[C@@]2(C)Oc3c(C)c(O)c4c(c3C2=O)C(=O)C(SCCOC(=O)CCC(=O)OC[C@H]2O[C@@H](n3cc(C)c(=O)[nH]c3=O)C[C@@H]2N=[N+]=[N-])=C(NC(=O)/C(C)=C\C=C\[C@H](C)[C@H](O)[C@@H](C)[C@@H](O)[C@@H](C)[C@H](OC(C)=O)[C@@H]1C)C4=O. The van der Waals surface area contributed by atoms with Crippen molar-refractivity contribution >= 4 is 52.9 Å². The Labute approximate surface area is 456 Å². The zero-order valence-electron chi connectivity index (χ0n) is 45.1. The van der Waals surface area contributed by atoms with Crippen LogP contribution in [0.3, 0.4) is 0 Å². The van der Waals surface area contributed by atoms with E-state index in [1.165, 1.54) is 66.2 Å². The molecule has 1 amide bonds. The maximum atomic E-state index is 14.8. The number of carbonyl (C=O) groups excluding carboxylic acids is 7. The van der Waals surface area contributed by atoms with E-state index in [-0.39, 0.29) is 34.6 Å². The number of aryl methyl sites for hydroxylation is 1. The van der Waals surface area contributed by atoms with Gasteiger partial charge in [-0.1, -0.05) is 51.0 Å². The quantitative estimate of drug-likeness (QED) is 0.0464. The van der Waals surface area contributed by atoms with E-state index >= 15 is 0 Å². The first kappa shape index (κ1) is 60.9. The molecule has 26 heteroatoms. The summed E-state index contributed by atoms with van der Waals surface area (Å²) in [5, 5.41) is 40.8.